The Labute approximate surface area is 63.2 Å². The van der Waals surface area contributed by atoms with Crippen molar-refractivity contribution in [2.45, 2.75) is 45.1 Å². The van der Waals surface area contributed by atoms with E-state index < -0.39 is 0 Å². The van der Waals surface area contributed by atoms with E-state index in [-0.39, 0.29) is 0 Å². The highest BCUT2D eigenvalue weighted by atomic mass is 14.9. The molecular formula is C9H17N. The lowest BCUT2D eigenvalue weighted by molar-refractivity contribution is 0.309. The molecule has 2 aliphatic rings. The van der Waals surface area contributed by atoms with Gasteiger partial charge in [0.2, 0.25) is 0 Å². The molecule has 0 aromatic rings. The van der Waals surface area contributed by atoms with Crippen molar-refractivity contribution in [1.29, 1.82) is 0 Å². The largest absolute Gasteiger partial charge is 0.314 e. The van der Waals surface area contributed by atoms with Crippen molar-refractivity contribution in [2.24, 2.45) is 5.41 Å². The molecule has 1 aliphatic heterocycles. The second-order valence-electron chi connectivity index (χ2n) is 4.31. The van der Waals surface area contributed by atoms with Gasteiger partial charge in [0, 0.05) is 6.04 Å². The van der Waals surface area contributed by atoms with Crippen LogP contribution < -0.4 is 5.32 Å². The summed E-state index contributed by atoms with van der Waals surface area (Å²) < 4.78 is 0. The van der Waals surface area contributed by atoms with Crippen LogP contribution in [-0.4, -0.2) is 12.6 Å². The molecule has 0 spiro atoms. The summed E-state index contributed by atoms with van der Waals surface area (Å²) in [4.78, 5) is 0. The average molecular weight is 139 g/mol. The van der Waals surface area contributed by atoms with Gasteiger partial charge in [-0.05, 0) is 44.1 Å². The lowest BCUT2D eigenvalue weighted by Crippen LogP contribution is -2.25. The van der Waals surface area contributed by atoms with E-state index in [1.807, 2.05) is 0 Å². The highest BCUT2D eigenvalue weighted by Crippen LogP contribution is 2.42. The average Bonchev–Trinajstić information content (AvgIpc) is 2.11. The second kappa shape index (κ2) is 2.23. The molecule has 2 atom stereocenters. The molecule has 1 saturated carbocycles. The summed E-state index contributed by atoms with van der Waals surface area (Å²) in [5.74, 6) is 0. The zero-order valence-corrected chi connectivity index (χ0v) is 6.82. The molecule has 2 bridgehead atoms. The van der Waals surface area contributed by atoms with E-state index in [9.17, 15) is 0 Å². The van der Waals surface area contributed by atoms with Gasteiger partial charge in [0.05, 0.1) is 0 Å². The first-order chi connectivity index (χ1) is 4.79. The topological polar surface area (TPSA) is 12.0 Å². The van der Waals surface area contributed by atoms with Crippen LogP contribution in [-0.2, 0) is 0 Å². The fraction of sp³-hybridized carbons (Fsp3) is 1.00. The van der Waals surface area contributed by atoms with E-state index in [0.29, 0.717) is 5.41 Å². The molecule has 1 heterocycles. The Hall–Kier alpha value is -0.0400. The lowest BCUT2D eigenvalue weighted by atomic mass is 9.84. The van der Waals surface area contributed by atoms with E-state index in [2.05, 4.69) is 12.2 Å². The normalized spacial score (nSPS) is 47.1. The molecule has 2 unspecified atom stereocenters. The fourth-order valence-electron chi connectivity index (χ4n) is 2.54. The summed E-state index contributed by atoms with van der Waals surface area (Å²) in [6, 6.07) is 0.868. The van der Waals surface area contributed by atoms with Gasteiger partial charge in [-0.2, -0.15) is 0 Å². The van der Waals surface area contributed by atoms with Gasteiger partial charge in [0.1, 0.15) is 0 Å². The van der Waals surface area contributed by atoms with Crippen LogP contribution in [0.15, 0.2) is 0 Å². The molecule has 1 heteroatoms. The highest BCUT2D eigenvalue weighted by Gasteiger charge is 2.35. The summed E-state index contributed by atoms with van der Waals surface area (Å²) in [6.45, 7) is 3.72. The molecule has 0 amide bonds. The van der Waals surface area contributed by atoms with Crippen molar-refractivity contribution in [3.63, 3.8) is 0 Å². The molecule has 2 rings (SSSR count). The first-order valence-corrected chi connectivity index (χ1v) is 4.52. The molecule has 58 valence electrons. The van der Waals surface area contributed by atoms with Gasteiger partial charge in [0.15, 0.2) is 0 Å². The Morgan fingerprint density at radius 1 is 1.40 bits per heavy atom. The molecule has 1 saturated heterocycles. The summed E-state index contributed by atoms with van der Waals surface area (Å²) in [5, 5.41) is 3.60. The Morgan fingerprint density at radius 3 is 3.20 bits per heavy atom. The number of rotatable bonds is 0. The summed E-state index contributed by atoms with van der Waals surface area (Å²) in [5.41, 5.74) is 0.716. The fourth-order valence-corrected chi connectivity index (χ4v) is 2.54. The van der Waals surface area contributed by atoms with Crippen LogP contribution in [0.4, 0.5) is 0 Å². The van der Waals surface area contributed by atoms with Crippen LogP contribution in [0, 0.1) is 5.41 Å². The third-order valence-electron chi connectivity index (χ3n) is 3.23. The van der Waals surface area contributed by atoms with Crippen molar-refractivity contribution >= 4 is 0 Å². The van der Waals surface area contributed by atoms with E-state index in [0.717, 1.165) is 6.04 Å². The molecule has 0 aromatic carbocycles. The summed E-state index contributed by atoms with van der Waals surface area (Å²) in [7, 11) is 0. The molecule has 0 aromatic heterocycles. The van der Waals surface area contributed by atoms with Gasteiger partial charge in [-0.25, -0.2) is 0 Å². The highest BCUT2D eigenvalue weighted by molar-refractivity contribution is 4.91. The zero-order chi connectivity index (χ0) is 7.03. The van der Waals surface area contributed by atoms with Gasteiger partial charge >= 0.3 is 0 Å². The number of hydrogen-bond acceptors (Lipinski definition) is 1. The number of hydrogen-bond donors (Lipinski definition) is 1. The predicted octanol–water partition coefficient (Wildman–Crippen LogP) is 1.93. The van der Waals surface area contributed by atoms with Crippen LogP contribution in [0.5, 0.6) is 0 Å². The van der Waals surface area contributed by atoms with Crippen molar-refractivity contribution in [2.75, 3.05) is 6.54 Å². The first kappa shape index (κ1) is 6.66. The molecule has 1 N–H and O–H groups in total. The van der Waals surface area contributed by atoms with Gasteiger partial charge in [0.25, 0.3) is 0 Å². The third kappa shape index (κ3) is 1.07. The summed E-state index contributed by atoms with van der Waals surface area (Å²) >= 11 is 0. The zero-order valence-electron chi connectivity index (χ0n) is 6.82. The van der Waals surface area contributed by atoms with E-state index in [4.69, 9.17) is 0 Å². The Kier molecular flexibility index (Phi) is 1.48. The van der Waals surface area contributed by atoms with Crippen molar-refractivity contribution in [1.82, 2.24) is 5.32 Å². The Balaban J connectivity index is 2.09. The molecule has 1 nitrogen and oxygen atoms in total. The quantitative estimate of drug-likeness (QED) is 0.540. The predicted molar refractivity (Wildman–Crippen MR) is 43.0 cm³/mol. The van der Waals surface area contributed by atoms with Gasteiger partial charge in [-0.1, -0.05) is 6.92 Å². The Morgan fingerprint density at radius 2 is 2.30 bits per heavy atom. The van der Waals surface area contributed by atoms with E-state index >= 15 is 0 Å². The molecule has 2 fully saturated rings. The molecule has 0 radical (unpaired) electrons. The smallest absolute Gasteiger partial charge is 0.00724 e. The monoisotopic (exact) mass is 139 g/mol. The maximum Gasteiger partial charge on any atom is 0.00724 e. The Bertz CT molecular complexity index is 131. The minimum Gasteiger partial charge on any atom is -0.314 e. The van der Waals surface area contributed by atoms with Crippen molar-refractivity contribution < 1.29 is 0 Å². The first-order valence-electron chi connectivity index (χ1n) is 4.52. The van der Waals surface area contributed by atoms with Crippen LogP contribution in [0.3, 0.4) is 0 Å². The minimum atomic E-state index is 0.716. The number of nitrogens with one attached hydrogen (secondary N) is 1. The summed E-state index contributed by atoms with van der Waals surface area (Å²) in [6.07, 6.45) is 7.18. The van der Waals surface area contributed by atoms with Crippen molar-refractivity contribution in [3.05, 3.63) is 0 Å². The number of fused-ring (bicyclic) bond motifs is 2. The molecule has 1 aliphatic carbocycles. The lowest BCUT2D eigenvalue weighted by Gasteiger charge is -2.21. The van der Waals surface area contributed by atoms with Crippen LogP contribution in [0.2, 0.25) is 0 Å². The maximum absolute atomic E-state index is 3.60. The van der Waals surface area contributed by atoms with Gasteiger partial charge in [-0.3, -0.25) is 0 Å². The van der Waals surface area contributed by atoms with Gasteiger partial charge < -0.3 is 5.32 Å². The second-order valence-corrected chi connectivity index (χ2v) is 4.31. The van der Waals surface area contributed by atoms with E-state index in [1.165, 1.54) is 38.6 Å². The van der Waals surface area contributed by atoms with Gasteiger partial charge in [-0.15, -0.1) is 0 Å². The third-order valence-corrected chi connectivity index (χ3v) is 3.23. The minimum absolute atomic E-state index is 0.716. The SMILES string of the molecule is CC12CCCNC(CC1)C2. The van der Waals surface area contributed by atoms with Crippen LogP contribution in [0.25, 0.3) is 0 Å². The van der Waals surface area contributed by atoms with Crippen LogP contribution >= 0.6 is 0 Å². The van der Waals surface area contributed by atoms with Crippen LogP contribution in [0.1, 0.15) is 39.0 Å². The van der Waals surface area contributed by atoms with E-state index in [1.54, 1.807) is 0 Å². The molecular weight excluding hydrogens is 122 g/mol. The standard InChI is InChI=1S/C9H17N/c1-9-4-2-6-10-8(7-9)3-5-9/h8,10H,2-7H2,1H3. The maximum atomic E-state index is 3.60. The van der Waals surface area contributed by atoms with Crippen molar-refractivity contribution in [3.8, 4) is 0 Å². The molecule has 10 heavy (non-hydrogen) atoms.